The second kappa shape index (κ2) is 6.76. The number of nitrogens with one attached hydrogen (secondary N) is 1. The van der Waals surface area contributed by atoms with Crippen LogP contribution in [0.15, 0.2) is 53.3 Å². The van der Waals surface area contributed by atoms with Crippen molar-refractivity contribution in [2.75, 3.05) is 0 Å². The van der Waals surface area contributed by atoms with Gasteiger partial charge in [0.2, 0.25) is 5.88 Å². The molecule has 0 unspecified atom stereocenters. The van der Waals surface area contributed by atoms with Crippen molar-refractivity contribution >= 4 is 11.3 Å². The van der Waals surface area contributed by atoms with Gasteiger partial charge >= 0.3 is 4.87 Å². The molecule has 0 bridgehead atoms. The van der Waals surface area contributed by atoms with E-state index in [1.54, 1.807) is 0 Å². The quantitative estimate of drug-likeness (QED) is 0.705. The van der Waals surface area contributed by atoms with Crippen LogP contribution in [0.3, 0.4) is 0 Å². The number of ether oxygens (including phenoxy) is 1. The first-order valence-electron chi connectivity index (χ1n) is 8.10. The summed E-state index contributed by atoms with van der Waals surface area (Å²) in [5.41, 5.74) is 2.25. The molecule has 0 saturated carbocycles. The summed E-state index contributed by atoms with van der Waals surface area (Å²) in [4.78, 5) is 14.1. The van der Waals surface area contributed by atoms with Crippen molar-refractivity contribution in [3.8, 4) is 17.4 Å². The number of H-pyrrole nitrogens is 1. The Morgan fingerprint density at radius 3 is 2.36 bits per heavy atom. The number of aromatic nitrogens is 1. The normalized spacial score (nSPS) is 11.5. The van der Waals surface area contributed by atoms with Crippen LogP contribution in [0.5, 0.6) is 17.4 Å². The highest BCUT2D eigenvalue weighted by Crippen LogP contribution is 2.31. The van der Waals surface area contributed by atoms with E-state index < -0.39 is 0 Å². The second-order valence-electron chi connectivity index (χ2n) is 6.95. The van der Waals surface area contributed by atoms with E-state index in [0.29, 0.717) is 17.0 Å². The van der Waals surface area contributed by atoms with Crippen LogP contribution in [-0.2, 0) is 11.8 Å². The summed E-state index contributed by atoms with van der Waals surface area (Å²) >= 11 is 1.01. The van der Waals surface area contributed by atoms with E-state index in [4.69, 9.17) is 4.74 Å². The van der Waals surface area contributed by atoms with Gasteiger partial charge in [-0.05, 0) is 29.2 Å². The number of hydrogen-bond acceptors (Lipinski definition) is 4. The predicted molar refractivity (Wildman–Crippen MR) is 101 cm³/mol. The summed E-state index contributed by atoms with van der Waals surface area (Å²) < 4.78 is 6.03. The maximum Gasteiger partial charge on any atom is 0.307 e. The lowest BCUT2D eigenvalue weighted by atomic mass is 9.87. The molecule has 0 spiro atoms. The Kier molecular flexibility index (Phi) is 4.68. The highest BCUT2D eigenvalue weighted by molar-refractivity contribution is 7.09. The third-order valence-electron chi connectivity index (χ3n) is 3.97. The van der Waals surface area contributed by atoms with Gasteiger partial charge in [-0.1, -0.05) is 62.4 Å². The zero-order valence-corrected chi connectivity index (χ0v) is 15.3. The van der Waals surface area contributed by atoms with Gasteiger partial charge in [0.15, 0.2) is 0 Å². The molecule has 0 aliphatic carbocycles. The highest BCUT2D eigenvalue weighted by atomic mass is 32.1. The fourth-order valence-corrected chi connectivity index (χ4v) is 3.29. The molecular formula is C20H21NO3S. The lowest BCUT2D eigenvalue weighted by molar-refractivity contribution is 0.450. The topological polar surface area (TPSA) is 62.3 Å². The molecule has 3 aromatic rings. The third-order valence-corrected chi connectivity index (χ3v) is 4.84. The molecule has 2 aromatic carbocycles. The Balaban J connectivity index is 1.84. The van der Waals surface area contributed by atoms with Gasteiger partial charge in [0.25, 0.3) is 0 Å². The zero-order chi connectivity index (χ0) is 18.0. The van der Waals surface area contributed by atoms with Crippen molar-refractivity contribution in [3.63, 3.8) is 0 Å². The second-order valence-corrected chi connectivity index (χ2v) is 8.01. The van der Waals surface area contributed by atoms with Crippen LogP contribution < -0.4 is 9.61 Å². The van der Waals surface area contributed by atoms with Crippen molar-refractivity contribution in [1.82, 2.24) is 4.98 Å². The van der Waals surface area contributed by atoms with Crippen LogP contribution in [0.1, 0.15) is 36.8 Å². The number of aromatic amines is 1. The van der Waals surface area contributed by atoms with Crippen molar-refractivity contribution in [2.24, 2.45) is 0 Å². The Bertz CT molecular complexity index is 917. The molecule has 0 fully saturated rings. The van der Waals surface area contributed by atoms with Crippen LogP contribution in [0, 0.1) is 0 Å². The number of benzene rings is 2. The molecule has 2 N–H and O–H groups in total. The smallest absolute Gasteiger partial charge is 0.307 e. The van der Waals surface area contributed by atoms with Gasteiger partial charge in [0.05, 0.1) is 4.88 Å². The molecule has 4 nitrogen and oxygen atoms in total. The Morgan fingerprint density at radius 1 is 1.08 bits per heavy atom. The Hall–Kier alpha value is -2.53. The minimum absolute atomic E-state index is 0.0701. The first-order valence-corrected chi connectivity index (χ1v) is 8.92. The molecular weight excluding hydrogens is 334 g/mol. The van der Waals surface area contributed by atoms with Gasteiger partial charge in [0, 0.05) is 12.0 Å². The van der Waals surface area contributed by atoms with Crippen LogP contribution in [0.25, 0.3) is 0 Å². The van der Waals surface area contributed by atoms with E-state index in [1.807, 2.05) is 36.4 Å². The monoisotopic (exact) mass is 355 g/mol. The maximum atomic E-state index is 11.4. The fraction of sp³-hybridized carbons (Fsp3) is 0.250. The summed E-state index contributed by atoms with van der Waals surface area (Å²) in [6.45, 7) is 6.52. The lowest BCUT2D eigenvalue weighted by Crippen LogP contribution is -2.10. The largest absolute Gasteiger partial charge is 0.494 e. The van der Waals surface area contributed by atoms with Gasteiger partial charge in [-0.25, -0.2) is 0 Å². The molecule has 5 heteroatoms. The maximum absolute atomic E-state index is 11.4. The highest BCUT2D eigenvalue weighted by Gasteiger charge is 2.14. The van der Waals surface area contributed by atoms with Crippen molar-refractivity contribution in [3.05, 3.63) is 74.2 Å². The molecule has 0 atom stereocenters. The summed E-state index contributed by atoms with van der Waals surface area (Å²) in [5, 5.41) is 9.79. The number of thiazole rings is 1. The first-order chi connectivity index (χ1) is 11.8. The summed E-state index contributed by atoms with van der Waals surface area (Å²) in [5.74, 6) is 1.40. The molecule has 130 valence electrons. The van der Waals surface area contributed by atoms with Crippen LogP contribution in [-0.4, -0.2) is 10.1 Å². The van der Waals surface area contributed by atoms with E-state index in [-0.39, 0.29) is 16.2 Å². The number of hydrogen-bond donors (Lipinski definition) is 2. The first kappa shape index (κ1) is 17.3. The number of para-hydroxylation sites is 1. The SMILES string of the molecule is CC(C)(C)c1ccc(Oc2ccccc2Cc2sc(=O)[nH]c2O)cc1. The summed E-state index contributed by atoms with van der Waals surface area (Å²) in [7, 11) is 0. The average Bonchev–Trinajstić information content (AvgIpc) is 2.86. The van der Waals surface area contributed by atoms with Gasteiger partial charge in [-0.2, -0.15) is 0 Å². The molecule has 1 aromatic heterocycles. The minimum Gasteiger partial charge on any atom is -0.494 e. The Morgan fingerprint density at radius 2 is 1.76 bits per heavy atom. The van der Waals surface area contributed by atoms with Gasteiger partial charge in [0.1, 0.15) is 11.5 Å². The zero-order valence-electron chi connectivity index (χ0n) is 14.5. The van der Waals surface area contributed by atoms with Crippen LogP contribution in [0.2, 0.25) is 0 Å². The van der Waals surface area contributed by atoms with E-state index >= 15 is 0 Å². The molecule has 0 aliphatic heterocycles. The molecule has 25 heavy (non-hydrogen) atoms. The van der Waals surface area contributed by atoms with Crippen molar-refractivity contribution in [2.45, 2.75) is 32.6 Å². The van der Waals surface area contributed by atoms with E-state index in [0.717, 1.165) is 22.6 Å². The molecule has 0 aliphatic rings. The van der Waals surface area contributed by atoms with Gasteiger partial charge in [-0.15, -0.1) is 0 Å². The van der Waals surface area contributed by atoms with E-state index in [2.05, 4.69) is 37.9 Å². The number of aromatic hydroxyl groups is 1. The molecule has 1 heterocycles. The molecule has 0 amide bonds. The molecule has 0 radical (unpaired) electrons. The van der Waals surface area contributed by atoms with Gasteiger partial charge in [-0.3, -0.25) is 9.78 Å². The average molecular weight is 355 g/mol. The van der Waals surface area contributed by atoms with E-state index in [9.17, 15) is 9.90 Å². The lowest BCUT2D eigenvalue weighted by Gasteiger charge is -2.19. The summed E-state index contributed by atoms with van der Waals surface area (Å²) in [6.07, 6.45) is 0.436. The number of rotatable bonds is 4. The van der Waals surface area contributed by atoms with Gasteiger partial charge < -0.3 is 9.84 Å². The van der Waals surface area contributed by atoms with E-state index in [1.165, 1.54) is 5.56 Å². The molecule has 0 saturated heterocycles. The molecule has 3 rings (SSSR count). The standard InChI is InChI=1S/C20H21NO3S/c1-20(2,3)14-8-10-15(11-9-14)24-16-7-5-4-6-13(16)12-17-18(22)21-19(23)25-17/h4-11,22H,12H2,1-3H3,(H,21,23). The van der Waals surface area contributed by atoms with Crippen molar-refractivity contribution in [1.29, 1.82) is 0 Å². The Labute approximate surface area is 150 Å². The van der Waals surface area contributed by atoms with Crippen molar-refractivity contribution < 1.29 is 9.84 Å². The van der Waals surface area contributed by atoms with Crippen LogP contribution >= 0.6 is 11.3 Å². The van der Waals surface area contributed by atoms with Crippen LogP contribution in [0.4, 0.5) is 0 Å². The third kappa shape index (κ3) is 4.12. The predicted octanol–water partition coefficient (Wildman–Crippen LogP) is 4.82. The fourth-order valence-electron chi connectivity index (χ4n) is 2.54. The summed E-state index contributed by atoms with van der Waals surface area (Å²) in [6, 6.07) is 15.7. The minimum atomic E-state index is -0.260.